The van der Waals surface area contributed by atoms with Crippen LogP contribution in [0.25, 0.3) is 0 Å². The van der Waals surface area contributed by atoms with Crippen LogP contribution >= 0.6 is 0 Å². The van der Waals surface area contributed by atoms with Crippen molar-refractivity contribution in [3.05, 3.63) is 0 Å². The summed E-state index contributed by atoms with van der Waals surface area (Å²) in [6, 6.07) is 0. The van der Waals surface area contributed by atoms with Crippen molar-refractivity contribution in [3.63, 3.8) is 0 Å². The lowest BCUT2D eigenvalue weighted by Gasteiger charge is -2.33. The maximum atomic E-state index is 12.5. The summed E-state index contributed by atoms with van der Waals surface area (Å²) in [6.07, 6.45) is 6.61. The Morgan fingerprint density at radius 2 is 2.10 bits per heavy atom. The number of piperidine rings is 1. The molecule has 2 aliphatic heterocycles. The molecule has 4 heteroatoms. The minimum Gasteiger partial charge on any atom is -0.354 e. The summed E-state index contributed by atoms with van der Waals surface area (Å²) in [7, 11) is 0. The SMILES string of the molecule is CCCC1(C(=O)NCC2CCN(CC)CC2)CCCN1. The molecule has 0 bridgehead atoms. The Labute approximate surface area is 123 Å². The molecular formula is C16H31N3O. The predicted molar refractivity (Wildman–Crippen MR) is 82.7 cm³/mol. The number of carbonyl (C=O) groups is 1. The van der Waals surface area contributed by atoms with Gasteiger partial charge < -0.3 is 15.5 Å². The first-order valence-corrected chi connectivity index (χ1v) is 8.46. The standard InChI is InChI=1S/C16H31N3O/c1-3-8-16(9-5-10-18-16)15(20)17-13-14-6-11-19(4-2)12-7-14/h14,18H,3-13H2,1-2H3,(H,17,20). The minimum absolute atomic E-state index is 0.245. The minimum atomic E-state index is -0.265. The highest BCUT2D eigenvalue weighted by Crippen LogP contribution is 2.25. The van der Waals surface area contributed by atoms with Crippen LogP contribution in [0.5, 0.6) is 0 Å². The highest BCUT2D eigenvalue weighted by molar-refractivity contribution is 5.86. The normalized spacial score (nSPS) is 28.7. The fraction of sp³-hybridized carbons (Fsp3) is 0.938. The predicted octanol–water partition coefficient (Wildman–Crippen LogP) is 1.76. The first-order chi connectivity index (χ1) is 9.70. The second-order valence-corrected chi connectivity index (χ2v) is 6.45. The van der Waals surface area contributed by atoms with Gasteiger partial charge in [-0.15, -0.1) is 0 Å². The van der Waals surface area contributed by atoms with Gasteiger partial charge in [0.1, 0.15) is 0 Å². The molecule has 0 radical (unpaired) electrons. The van der Waals surface area contributed by atoms with Crippen LogP contribution in [-0.4, -0.2) is 49.1 Å². The second kappa shape index (κ2) is 7.41. The molecule has 0 aromatic carbocycles. The molecule has 1 unspecified atom stereocenters. The van der Waals surface area contributed by atoms with Gasteiger partial charge in [-0.05, 0) is 64.2 Å². The summed E-state index contributed by atoms with van der Waals surface area (Å²) >= 11 is 0. The summed E-state index contributed by atoms with van der Waals surface area (Å²) in [6.45, 7) is 9.77. The Balaban J connectivity index is 1.77. The van der Waals surface area contributed by atoms with Crippen LogP contribution in [0.2, 0.25) is 0 Å². The fourth-order valence-corrected chi connectivity index (χ4v) is 3.67. The zero-order valence-electron chi connectivity index (χ0n) is 13.2. The quantitative estimate of drug-likeness (QED) is 0.780. The number of likely N-dealkylation sites (tertiary alicyclic amines) is 1. The van der Waals surface area contributed by atoms with Crippen molar-refractivity contribution >= 4 is 5.91 Å². The van der Waals surface area contributed by atoms with E-state index >= 15 is 0 Å². The summed E-state index contributed by atoms with van der Waals surface area (Å²) in [5.74, 6) is 0.914. The maximum absolute atomic E-state index is 12.5. The summed E-state index contributed by atoms with van der Waals surface area (Å²) in [5.41, 5.74) is -0.265. The number of nitrogens with one attached hydrogen (secondary N) is 2. The number of carbonyl (C=O) groups excluding carboxylic acids is 1. The summed E-state index contributed by atoms with van der Waals surface area (Å²) < 4.78 is 0. The average Bonchev–Trinajstić information content (AvgIpc) is 2.95. The molecule has 0 aromatic heterocycles. The second-order valence-electron chi connectivity index (χ2n) is 6.45. The lowest BCUT2D eigenvalue weighted by Crippen LogP contribution is -2.54. The molecule has 20 heavy (non-hydrogen) atoms. The van der Waals surface area contributed by atoms with Crippen molar-refractivity contribution in [2.75, 3.05) is 32.7 Å². The van der Waals surface area contributed by atoms with Gasteiger partial charge in [0.2, 0.25) is 5.91 Å². The van der Waals surface area contributed by atoms with Gasteiger partial charge in [-0.25, -0.2) is 0 Å². The average molecular weight is 281 g/mol. The van der Waals surface area contributed by atoms with Crippen molar-refractivity contribution in [3.8, 4) is 0 Å². The highest BCUT2D eigenvalue weighted by atomic mass is 16.2. The molecule has 1 atom stereocenters. The third-order valence-corrected chi connectivity index (χ3v) is 5.06. The van der Waals surface area contributed by atoms with Crippen LogP contribution in [0.3, 0.4) is 0 Å². The van der Waals surface area contributed by atoms with E-state index in [0.29, 0.717) is 5.92 Å². The molecule has 2 aliphatic rings. The molecule has 0 spiro atoms. The number of hydrogen-bond acceptors (Lipinski definition) is 3. The lowest BCUT2D eigenvalue weighted by atomic mass is 9.90. The molecule has 0 aromatic rings. The van der Waals surface area contributed by atoms with E-state index in [0.717, 1.165) is 45.3 Å². The monoisotopic (exact) mass is 281 g/mol. The molecule has 2 N–H and O–H groups in total. The van der Waals surface area contributed by atoms with Crippen molar-refractivity contribution in [1.82, 2.24) is 15.5 Å². The van der Waals surface area contributed by atoms with Crippen molar-refractivity contribution in [2.24, 2.45) is 5.92 Å². The Kier molecular flexibility index (Phi) is 5.85. The van der Waals surface area contributed by atoms with E-state index in [2.05, 4.69) is 29.4 Å². The molecule has 2 rings (SSSR count). The van der Waals surface area contributed by atoms with Crippen molar-refractivity contribution < 1.29 is 4.79 Å². The molecule has 2 saturated heterocycles. The lowest BCUT2D eigenvalue weighted by molar-refractivity contribution is -0.127. The van der Waals surface area contributed by atoms with Crippen LogP contribution in [0, 0.1) is 5.92 Å². The molecule has 116 valence electrons. The van der Waals surface area contributed by atoms with Crippen LogP contribution in [0.4, 0.5) is 0 Å². The zero-order chi connectivity index (χ0) is 14.4. The first-order valence-electron chi connectivity index (χ1n) is 8.46. The number of rotatable bonds is 6. The topological polar surface area (TPSA) is 44.4 Å². The van der Waals surface area contributed by atoms with Gasteiger partial charge in [-0.3, -0.25) is 4.79 Å². The Morgan fingerprint density at radius 1 is 1.35 bits per heavy atom. The van der Waals surface area contributed by atoms with Gasteiger partial charge in [0.05, 0.1) is 5.54 Å². The summed E-state index contributed by atoms with van der Waals surface area (Å²) in [5, 5.41) is 6.69. The smallest absolute Gasteiger partial charge is 0.240 e. The van der Waals surface area contributed by atoms with Gasteiger partial charge in [0, 0.05) is 6.54 Å². The van der Waals surface area contributed by atoms with E-state index in [9.17, 15) is 4.79 Å². The molecule has 2 fully saturated rings. The van der Waals surface area contributed by atoms with Crippen LogP contribution < -0.4 is 10.6 Å². The van der Waals surface area contributed by atoms with E-state index in [4.69, 9.17) is 0 Å². The number of nitrogens with zero attached hydrogens (tertiary/aromatic N) is 1. The Bertz CT molecular complexity index is 305. The summed E-state index contributed by atoms with van der Waals surface area (Å²) in [4.78, 5) is 15.0. The third-order valence-electron chi connectivity index (χ3n) is 5.06. The van der Waals surface area contributed by atoms with E-state index in [1.165, 1.54) is 25.9 Å². The van der Waals surface area contributed by atoms with Crippen LogP contribution in [0.1, 0.15) is 52.4 Å². The molecule has 0 aliphatic carbocycles. The van der Waals surface area contributed by atoms with Gasteiger partial charge in [-0.1, -0.05) is 20.3 Å². The first kappa shape index (κ1) is 15.8. The largest absolute Gasteiger partial charge is 0.354 e. The molecule has 1 amide bonds. The van der Waals surface area contributed by atoms with Crippen LogP contribution in [-0.2, 0) is 4.79 Å². The van der Waals surface area contributed by atoms with E-state index in [-0.39, 0.29) is 11.4 Å². The highest BCUT2D eigenvalue weighted by Gasteiger charge is 2.39. The Hall–Kier alpha value is -0.610. The fourth-order valence-electron chi connectivity index (χ4n) is 3.67. The van der Waals surface area contributed by atoms with Gasteiger partial charge >= 0.3 is 0 Å². The maximum Gasteiger partial charge on any atom is 0.240 e. The molecule has 2 heterocycles. The van der Waals surface area contributed by atoms with Crippen molar-refractivity contribution in [1.29, 1.82) is 0 Å². The van der Waals surface area contributed by atoms with Crippen LogP contribution in [0.15, 0.2) is 0 Å². The van der Waals surface area contributed by atoms with Gasteiger partial charge in [-0.2, -0.15) is 0 Å². The number of hydrogen-bond donors (Lipinski definition) is 2. The van der Waals surface area contributed by atoms with E-state index in [1.807, 2.05) is 0 Å². The molecule has 4 nitrogen and oxygen atoms in total. The third kappa shape index (κ3) is 3.73. The Morgan fingerprint density at radius 3 is 2.65 bits per heavy atom. The molecular weight excluding hydrogens is 250 g/mol. The van der Waals surface area contributed by atoms with E-state index in [1.54, 1.807) is 0 Å². The van der Waals surface area contributed by atoms with Crippen molar-refractivity contribution in [2.45, 2.75) is 57.9 Å². The van der Waals surface area contributed by atoms with Gasteiger partial charge in [0.25, 0.3) is 0 Å². The molecule has 0 saturated carbocycles. The van der Waals surface area contributed by atoms with Gasteiger partial charge in [0.15, 0.2) is 0 Å². The number of amides is 1. The van der Waals surface area contributed by atoms with E-state index < -0.39 is 0 Å². The zero-order valence-corrected chi connectivity index (χ0v) is 13.2.